The fourth-order valence-corrected chi connectivity index (χ4v) is 3.97. The summed E-state index contributed by atoms with van der Waals surface area (Å²) < 4.78 is 0. The maximum Gasteiger partial charge on any atom is 0.226 e. The van der Waals surface area contributed by atoms with Gasteiger partial charge in [-0.1, -0.05) is 26.8 Å². The van der Waals surface area contributed by atoms with Gasteiger partial charge in [0.2, 0.25) is 11.6 Å². The lowest BCUT2D eigenvalue weighted by Gasteiger charge is -2.47. The minimum Gasteiger partial charge on any atom is -0.342 e. The maximum absolute atomic E-state index is 12.4. The van der Waals surface area contributed by atoms with Crippen molar-refractivity contribution in [2.24, 2.45) is 16.7 Å². The molecule has 1 fully saturated rings. The summed E-state index contributed by atoms with van der Waals surface area (Å²) in [5, 5.41) is 0. The van der Waals surface area contributed by atoms with Gasteiger partial charge in [-0.3, -0.25) is 4.79 Å². The number of Topliss-reactive ketones (excluding diaryl/α,β-unsaturated/α-hetero) is 1. The highest BCUT2D eigenvalue weighted by Gasteiger charge is 2.52. The predicted octanol–water partition coefficient (Wildman–Crippen LogP) is 2.66. The predicted molar refractivity (Wildman–Crippen MR) is 76.6 cm³/mol. The number of hydrogen-bond acceptors (Lipinski definition) is 2. The molecule has 1 aliphatic carbocycles. The highest BCUT2D eigenvalue weighted by atomic mass is 16.2. The molecule has 1 heterocycles. The van der Waals surface area contributed by atoms with Crippen LogP contribution in [0.5, 0.6) is 0 Å². The topological polar surface area (TPSA) is 41.7 Å². The van der Waals surface area contributed by atoms with Crippen molar-refractivity contribution in [2.45, 2.75) is 40.5 Å². The Kier molecular flexibility index (Phi) is 3.49. The summed E-state index contributed by atoms with van der Waals surface area (Å²) in [5.41, 5.74) is -0.588. The second kappa shape index (κ2) is 4.73. The Labute approximate surface area is 120 Å². The highest BCUT2D eigenvalue weighted by molar-refractivity contribution is 6.02. The van der Waals surface area contributed by atoms with Gasteiger partial charge in [-0.2, -0.15) is 0 Å². The van der Waals surface area contributed by atoms with E-state index in [4.69, 9.17) is 6.57 Å². The van der Waals surface area contributed by atoms with E-state index in [0.29, 0.717) is 6.54 Å². The van der Waals surface area contributed by atoms with Gasteiger partial charge in [-0.05, 0) is 24.2 Å². The molecule has 1 aliphatic heterocycles. The molecule has 1 saturated heterocycles. The average molecular weight is 274 g/mol. The Morgan fingerprint density at radius 2 is 2.10 bits per heavy atom. The molecule has 0 aromatic carbocycles. The molecule has 4 heteroatoms. The van der Waals surface area contributed by atoms with Crippen molar-refractivity contribution in [1.82, 2.24) is 4.90 Å². The summed E-state index contributed by atoms with van der Waals surface area (Å²) in [6, 6.07) is 0. The number of hydrogen-bond donors (Lipinski definition) is 0. The molecule has 0 aromatic rings. The quantitative estimate of drug-likeness (QED) is 0.637. The fourth-order valence-electron chi connectivity index (χ4n) is 3.97. The lowest BCUT2D eigenvalue weighted by atomic mass is 9.57. The first kappa shape index (κ1) is 14.8. The van der Waals surface area contributed by atoms with Gasteiger partial charge in [0, 0.05) is 25.4 Å². The number of fused-ring (bicyclic) bond motifs is 1. The summed E-state index contributed by atoms with van der Waals surface area (Å²) >= 11 is 0. The zero-order valence-electron chi connectivity index (χ0n) is 12.7. The Hall–Kier alpha value is -1.63. The third-order valence-corrected chi connectivity index (χ3v) is 4.97. The van der Waals surface area contributed by atoms with Crippen LogP contribution in [0.15, 0.2) is 11.8 Å². The van der Waals surface area contributed by atoms with E-state index < -0.39 is 5.41 Å². The zero-order valence-corrected chi connectivity index (χ0v) is 12.7. The van der Waals surface area contributed by atoms with E-state index in [9.17, 15) is 9.59 Å². The van der Waals surface area contributed by atoms with Gasteiger partial charge in [0.1, 0.15) is 0 Å². The van der Waals surface area contributed by atoms with Crippen molar-refractivity contribution in [3.8, 4) is 0 Å². The van der Waals surface area contributed by atoms with Crippen molar-refractivity contribution in [1.29, 1.82) is 0 Å². The number of allylic oxidation sites excluding steroid dienone is 1. The van der Waals surface area contributed by atoms with E-state index in [-0.39, 0.29) is 28.7 Å². The number of carbonyl (C=O) groups excluding carboxylic acids is 2. The SMILES string of the molecule is [C-]#[N+]C1=C[C@]2(C)CN(C(C)=O)CCC[C@H]2C(C)(C)C1=O. The van der Waals surface area contributed by atoms with Crippen molar-refractivity contribution in [3.05, 3.63) is 23.2 Å². The number of rotatable bonds is 0. The second-order valence-corrected chi connectivity index (χ2v) is 6.83. The summed E-state index contributed by atoms with van der Waals surface area (Å²) in [5.74, 6) is 0.197. The van der Waals surface area contributed by atoms with Crippen LogP contribution in [0.1, 0.15) is 40.5 Å². The van der Waals surface area contributed by atoms with Crippen LogP contribution in [-0.4, -0.2) is 29.7 Å². The standard InChI is InChI=1S/C16H22N2O2/c1-11(19)18-8-6-7-13-15(2,3)14(20)12(17-5)9-16(13,4)10-18/h9,13H,6-8,10H2,1-4H3/t13-,16+/m0/s1. The molecule has 20 heavy (non-hydrogen) atoms. The van der Waals surface area contributed by atoms with E-state index >= 15 is 0 Å². The largest absolute Gasteiger partial charge is 0.342 e. The molecule has 2 rings (SSSR count). The van der Waals surface area contributed by atoms with Crippen LogP contribution in [0.25, 0.3) is 4.85 Å². The summed E-state index contributed by atoms with van der Waals surface area (Å²) in [6.45, 7) is 16.1. The summed E-state index contributed by atoms with van der Waals surface area (Å²) in [7, 11) is 0. The minimum atomic E-state index is -0.532. The average Bonchev–Trinajstić information content (AvgIpc) is 2.54. The Morgan fingerprint density at radius 3 is 2.65 bits per heavy atom. The molecule has 0 N–H and O–H groups in total. The van der Waals surface area contributed by atoms with Crippen LogP contribution in [0.2, 0.25) is 0 Å². The zero-order chi connectivity index (χ0) is 15.1. The molecule has 0 bridgehead atoms. The van der Waals surface area contributed by atoms with Crippen molar-refractivity contribution < 1.29 is 9.59 Å². The van der Waals surface area contributed by atoms with Gasteiger partial charge in [-0.25, -0.2) is 4.85 Å². The molecule has 2 atom stereocenters. The lowest BCUT2D eigenvalue weighted by molar-refractivity contribution is -0.132. The lowest BCUT2D eigenvalue weighted by Crippen LogP contribution is -2.49. The van der Waals surface area contributed by atoms with Gasteiger partial charge in [0.15, 0.2) is 5.78 Å². The first-order chi connectivity index (χ1) is 9.22. The number of nitrogens with zero attached hydrogens (tertiary/aromatic N) is 2. The first-order valence-corrected chi connectivity index (χ1v) is 7.13. The molecule has 0 unspecified atom stereocenters. The molecule has 2 aliphatic rings. The third-order valence-electron chi connectivity index (χ3n) is 4.97. The van der Waals surface area contributed by atoms with Crippen LogP contribution in [0.3, 0.4) is 0 Å². The molecule has 0 radical (unpaired) electrons. The van der Waals surface area contributed by atoms with E-state index in [2.05, 4.69) is 11.8 Å². The smallest absolute Gasteiger partial charge is 0.226 e. The Balaban J connectivity index is 2.51. The van der Waals surface area contributed by atoms with Gasteiger partial charge < -0.3 is 9.69 Å². The molecule has 0 aromatic heterocycles. The number of amides is 1. The Morgan fingerprint density at radius 1 is 1.45 bits per heavy atom. The van der Waals surface area contributed by atoms with Gasteiger partial charge in [0.05, 0.1) is 6.57 Å². The maximum atomic E-state index is 12.4. The van der Waals surface area contributed by atoms with Crippen LogP contribution < -0.4 is 0 Å². The monoisotopic (exact) mass is 274 g/mol. The van der Waals surface area contributed by atoms with Crippen LogP contribution in [0.4, 0.5) is 0 Å². The summed E-state index contributed by atoms with van der Waals surface area (Å²) in [6.07, 6.45) is 3.65. The van der Waals surface area contributed by atoms with Crippen molar-refractivity contribution >= 4 is 11.7 Å². The van der Waals surface area contributed by atoms with Crippen LogP contribution in [-0.2, 0) is 9.59 Å². The van der Waals surface area contributed by atoms with E-state index in [1.807, 2.05) is 24.8 Å². The first-order valence-electron chi connectivity index (χ1n) is 7.13. The normalized spacial score (nSPS) is 32.8. The third kappa shape index (κ3) is 2.15. The van der Waals surface area contributed by atoms with E-state index in [0.717, 1.165) is 19.4 Å². The number of ketones is 1. The minimum absolute atomic E-state index is 0.0498. The highest BCUT2D eigenvalue weighted by Crippen LogP contribution is 2.51. The number of likely N-dealkylation sites (tertiary alicyclic amines) is 1. The van der Waals surface area contributed by atoms with Crippen LogP contribution in [0, 0.1) is 23.3 Å². The molecular formula is C16H22N2O2. The van der Waals surface area contributed by atoms with Gasteiger partial charge >= 0.3 is 0 Å². The van der Waals surface area contributed by atoms with E-state index in [1.54, 1.807) is 6.92 Å². The molecule has 108 valence electrons. The van der Waals surface area contributed by atoms with E-state index in [1.165, 1.54) is 0 Å². The van der Waals surface area contributed by atoms with Gasteiger partial charge in [0.25, 0.3) is 0 Å². The Bertz CT molecular complexity index is 527. The van der Waals surface area contributed by atoms with Crippen molar-refractivity contribution in [2.75, 3.05) is 13.1 Å². The molecule has 1 amide bonds. The van der Waals surface area contributed by atoms with Crippen LogP contribution >= 0.6 is 0 Å². The second-order valence-electron chi connectivity index (χ2n) is 6.83. The molecule has 4 nitrogen and oxygen atoms in total. The number of carbonyl (C=O) groups is 2. The molecule has 0 spiro atoms. The molecule has 0 saturated carbocycles. The summed E-state index contributed by atoms with van der Waals surface area (Å²) in [4.78, 5) is 29.4. The molecular weight excluding hydrogens is 252 g/mol. The van der Waals surface area contributed by atoms with Crippen molar-refractivity contribution in [3.63, 3.8) is 0 Å². The fraction of sp³-hybridized carbons (Fsp3) is 0.688. The van der Waals surface area contributed by atoms with Gasteiger partial charge in [-0.15, -0.1) is 0 Å².